The van der Waals surface area contributed by atoms with Gasteiger partial charge in [-0.15, -0.1) is 11.3 Å². The summed E-state index contributed by atoms with van der Waals surface area (Å²) in [5, 5.41) is 3.09. The molecule has 1 N–H and O–H groups in total. The first-order valence-electron chi connectivity index (χ1n) is 8.06. The number of rotatable bonds is 3. The maximum atomic E-state index is 12.8. The van der Waals surface area contributed by atoms with Crippen molar-refractivity contribution in [1.29, 1.82) is 0 Å². The molecule has 0 fully saturated rings. The molecule has 0 aliphatic rings. The number of aromatic nitrogens is 1. The molecule has 2 aromatic heterocycles. The van der Waals surface area contributed by atoms with Crippen LogP contribution in [0.3, 0.4) is 0 Å². The molecule has 3 heteroatoms. The molecule has 0 unspecified atom stereocenters. The highest BCUT2D eigenvalue weighted by Gasteiger charge is 2.16. The van der Waals surface area contributed by atoms with Gasteiger partial charge in [0.05, 0.1) is 5.56 Å². The third kappa shape index (κ3) is 2.47. The molecule has 0 saturated carbocycles. The fourth-order valence-electron chi connectivity index (χ4n) is 3.15. The summed E-state index contributed by atoms with van der Waals surface area (Å²) in [5.74, 6) is 0. The molecule has 0 atom stereocenters. The number of aryl methyl sites for hydroxylation is 1. The van der Waals surface area contributed by atoms with Crippen molar-refractivity contribution in [3.05, 3.63) is 82.0 Å². The molecule has 0 aliphatic carbocycles. The van der Waals surface area contributed by atoms with Crippen LogP contribution in [0, 0.1) is 0 Å². The van der Waals surface area contributed by atoms with Gasteiger partial charge in [0.15, 0.2) is 0 Å². The lowest BCUT2D eigenvalue weighted by atomic mass is 9.94. The lowest BCUT2D eigenvalue weighted by molar-refractivity contribution is 1.14. The monoisotopic (exact) mass is 331 g/mol. The second-order valence-electron chi connectivity index (χ2n) is 5.78. The number of para-hydroxylation sites is 1. The molecule has 4 rings (SSSR count). The van der Waals surface area contributed by atoms with Gasteiger partial charge in [0.25, 0.3) is 5.56 Å². The van der Waals surface area contributed by atoms with E-state index in [9.17, 15) is 4.79 Å². The Labute approximate surface area is 144 Å². The summed E-state index contributed by atoms with van der Waals surface area (Å²) in [7, 11) is 0. The molecule has 4 aromatic rings. The Hall–Kier alpha value is -2.65. The van der Waals surface area contributed by atoms with Gasteiger partial charge in [-0.1, -0.05) is 55.5 Å². The van der Waals surface area contributed by atoms with Crippen molar-refractivity contribution in [1.82, 2.24) is 4.98 Å². The van der Waals surface area contributed by atoms with Crippen LogP contribution >= 0.6 is 11.3 Å². The second-order valence-corrected chi connectivity index (χ2v) is 6.73. The van der Waals surface area contributed by atoms with E-state index in [0.717, 1.165) is 38.9 Å². The minimum atomic E-state index is -0.0342. The highest BCUT2D eigenvalue weighted by Crippen LogP contribution is 2.36. The zero-order valence-electron chi connectivity index (χ0n) is 13.4. The first-order chi connectivity index (χ1) is 11.8. The predicted molar refractivity (Wildman–Crippen MR) is 103 cm³/mol. The number of pyridine rings is 1. The summed E-state index contributed by atoms with van der Waals surface area (Å²) in [6, 6.07) is 20.5. The van der Waals surface area contributed by atoms with Crippen LogP contribution in [0.15, 0.2) is 70.8 Å². The molecule has 0 amide bonds. The SMILES string of the molecule is CCc1cccc(-c2c(-c3cccs3)c(=O)[nH]c3ccccc23)c1. The van der Waals surface area contributed by atoms with Crippen LogP contribution < -0.4 is 5.56 Å². The van der Waals surface area contributed by atoms with Gasteiger partial charge in [-0.05, 0) is 35.1 Å². The fraction of sp³-hybridized carbons (Fsp3) is 0.0952. The molecule has 118 valence electrons. The first kappa shape index (κ1) is 14.9. The normalized spacial score (nSPS) is 11.0. The number of H-pyrrole nitrogens is 1. The molecule has 2 heterocycles. The van der Waals surface area contributed by atoms with Crippen LogP contribution in [0.4, 0.5) is 0 Å². The van der Waals surface area contributed by atoms with Crippen molar-refractivity contribution in [3.8, 4) is 21.6 Å². The van der Waals surface area contributed by atoms with E-state index in [1.54, 1.807) is 11.3 Å². The van der Waals surface area contributed by atoms with Crippen molar-refractivity contribution in [2.45, 2.75) is 13.3 Å². The molecule has 0 bridgehead atoms. The molecule has 2 aromatic carbocycles. The summed E-state index contributed by atoms with van der Waals surface area (Å²) in [6.45, 7) is 2.15. The van der Waals surface area contributed by atoms with Crippen molar-refractivity contribution >= 4 is 22.2 Å². The van der Waals surface area contributed by atoms with Gasteiger partial charge in [-0.25, -0.2) is 0 Å². The summed E-state index contributed by atoms with van der Waals surface area (Å²) in [5.41, 5.74) is 4.99. The molecular weight excluding hydrogens is 314 g/mol. The van der Waals surface area contributed by atoms with Gasteiger partial charge < -0.3 is 4.98 Å². The molecule has 0 aliphatic heterocycles. The predicted octanol–water partition coefficient (Wildman–Crippen LogP) is 5.49. The van der Waals surface area contributed by atoms with E-state index in [1.807, 2.05) is 35.7 Å². The van der Waals surface area contributed by atoms with Crippen LogP contribution in [-0.4, -0.2) is 4.98 Å². The lowest BCUT2D eigenvalue weighted by Gasteiger charge is -2.13. The topological polar surface area (TPSA) is 32.9 Å². The van der Waals surface area contributed by atoms with Crippen molar-refractivity contribution in [2.24, 2.45) is 0 Å². The highest BCUT2D eigenvalue weighted by molar-refractivity contribution is 7.13. The minimum Gasteiger partial charge on any atom is -0.321 e. The fourth-order valence-corrected chi connectivity index (χ4v) is 3.92. The van der Waals surface area contributed by atoms with Crippen molar-refractivity contribution < 1.29 is 0 Å². The Kier molecular flexibility index (Phi) is 3.79. The third-order valence-corrected chi connectivity index (χ3v) is 5.20. The number of nitrogens with one attached hydrogen (secondary N) is 1. The zero-order chi connectivity index (χ0) is 16.5. The minimum absolute atomic E-state index is 0.0342. The van der Waals surface area contributed by atoms with E-state index in [-0.39, 0.29) is 5.56 Å². The van der Waals surface area contributed by atoms with Crippen molar-refractivity contribution in [2.75, 3.05) is 0 Å². The van der Waals surface area contributed by atoms with E-state index in [0.29, 0.717) is 0 Å². The van der Waals surface area contributed by atoms with E-state index < -0.39 is 0 Å². The Morgan fingerprint density at radius 3 is 2.62 bits per heavy atom. The number of aromatic amines is 1. The van der Waals surface area contributed by atoms with Gasteiger partial charge in [0.1, 0.15) is 0 Å². The first-order valence-corrected chi connectivity index (χ1v) is 8.94. The Balaban J connectivity index is 2.15. The second kappa shape index (κ2) is 6.10. The van der Waals surface area contributed by atoms with E-state index in [4.69, 9.17) is 0 Å². The Bertz CT molecular complexity index is 1060. The Morgan fingerprint density at radius 1 is 0.958 bits per heavy atom. The van der Waals surface area contributed by atoms with Crippen LogP contribution in [0.5, 0.6) is 0 Å². The molecule has 0 saturated heterocycles. The maximum absolute atomic E-state index is 12.8. The summed E-state index contributed by atoms with van der Waals surface area (Å²) >= 11 is 1.60. The molecular formula is C21H17NOS. The van der Waals surface area contributed by atoms with Crippen LogP contribution in [0.1, 0.15) is 12.5 Å². The molecule has 0 spiro atoms. The van der Waals surface area contributed by atoms with Crippen LogP contribution in [0.25, 0.3) is 32.5 Å². The Morgan fingerprint density at radius 2 is 1.83 bits per heavy atom. The quantitative estimate of drug-likeness (QED) is 0.529. The number of thiophene rings is 1. The number of hydrogen-bond donors (Lipinski definition) is 1. The number of hydrogen-bond acceptors (Lipinski definition) is 2. The van der Waals surface area contributed by atoms with Gasteiger partial charge in [-0.3, -0.25) is 4.79 Å². The van der Waals surface area contributed by atoms with E-state index in [2.05, 4.69) is 42.2 Å². The summed E-state index contributed by atoms with van der Waals surface area (Å²) < 4.78 is 0. The van der Waals surface area contributed by atoms with Crippen molar-refractivity contribution in [3.63, 3.8) is 0 Å². The molecule has 24 heavy (non-hydrogen) atoms. The van der Waals surface area contributed by atoms with E-state index >= 15 is 0 Å². The zero-order valence-corrected chi connectivity index (χ0v) is 14.2. The van der Waals surface area contributed by atoms with Gasteiger partial charge in [-0.2, -0.15) is 0 Å². The van der Waals surface area contributed by atoms with Gasteiger partial charge >= 0.3 is 0 Å². The van der Waals surface area contributed by atoms with Crippen LogP contribution in [0.2, 0.25) is 0 Å². The van der Waals surface area contributed by atoms with Crippen LogP contribution in [-0.2, 0) is 6.42 Å². The molecule has 0 radical (unpaired) electrons. The van der Waals surface area contributed by atoms with Gasteiger partial charge in [0, 0.05) is 21.3 Å². The highest BCUT2D eigenvalue weighted by atomic mass is 32.1. The largest absolute Gasteiger partial charge is 0.321 e. The van der Waals surface area contributed by atoms with Gasteiger partial charge in [0.2, 0.25) is 0 Å². The average Bonchev–Trinajstić information content (AvgIpc) is 3.14. The summed E-state index contributed by atoms with van der Waals surface area (Å²) in [4.78, 5) is 16.9. The third-order valence-electron chi connectivity index (χ3n) is 4.31. The average molecular weight is 331 g/mol. The smallest absolute Gasteiger partial charge is 0.257 e. The maximum Gasteiger partial charge on any atom is 0.257 e. The summed E-state index contributed by atoms with van der Waals surface area (Å²) in [6.07, 6.45) is 0.975. The van der Waals surface area contributed by atoms with E-state index in [1.165, 1.54) is 5.56 Å². The number of fused-ring (bicyclic) bond motifs is 1. The molecule has 2 nitrogen and oxygen atoms in total. The lowest BCUT2D eigenvalue weighted by Crippen LogP contribution is -2.10. The standard InChI is InChI=1S/C21H17NOS/c1-2-14-7-5-8-15(13-14)19-16-9-3-4-10-17(16)22-21(23)20(19)18-11-6-12-24-18/h3-13H,2H2,1H3,(H,22,23). The number of benzene rings is 2.